The van der Waals surface area contributed by atoms with E-state index >= 15 is 0 Å². The number of anilines is 1. The Morgan fingerprint density at radius 3 is 2.76 bits per heavy atom. The fraction of sp³-hybridized carbons (Fsp3) is 0.550. The smallest absolute Gasteiger partial charge is 0.236 e. The molecule has 5 rings (SSSR count). The van der Waals surface area contributed by atoms with Crippen LogP contribution in [0.4, 0.5) is 5.82 Å². The third-order valence-electron chi connectivity index (χ3n) is 6.08. The Kier molecular flexibility index (Phi) is 4.54. The first-order valence-electron chi connectivity index (χ1n) is 10.5. The molecule has 1 fully saturated rings. The molecule has 4 heterocycles. The molecule has 3 aromatic heterocycles. The summed E-state index contributed by atoms with van der Waals surface area (Å²) in [6.45, 7) is 4.77. The highest BCUT2D eigenvalue weighted by molar-refractivity contribution is 5.63. The Balaban J connectivity index is 1.65. The largest absolute Gasteiger partial charge is 0.341 e. The van der Waals surface area contributed by atoms with Gasteiger partial charge in [0.2, 0.25) is 5.95 Å². The molecule has 2 aliphatic rings. The maximum absolute atomic E-state index is 5.67. The molecule has 1 atom stereocenters. The molecule has 1 saturated carbocycles. The van der Waals surface area contributed by atoms with Crippen LogP contribution in [0.5, 0.6) is 0 Å². The zero-order valence-corrected chi connectivity index (χ0v) is 17.0. The maximum atomic E-state index is 5.67. The van der Waals surface area contributed by atoms with Crippen molar-refractivity contribution in [2.45, 2.75) is 64.5 Å². The maximum Gasteiger partial charge on any atom is 0.236 e. The van der Waals surface area contributed by atoms with E-state index in [4.69, 9.17) is 10.7 Å². The molecule has 0 radical (unpaired) electrons. The highest BCUT2D eigenvalue weighted by Gasteiger charge is 2.39. The van der Waals surface area contributed by atoms with Crippen molar-refractivity contribution < 1.29 is 0 Å². The van der Waals surface area contributed by atoms with Crippen LogP contribution in [0, 0.1) is 6.92 Å². The van der Waals surface area contributed by atoms with Crippen LogP contribution in [0.15, 0.2) is 18.7 Å². The van der Waals surface area contributed by atoms with Gasteiger partial charge in [0.25, 0.3) is 0 Å². The Morgan fingerprint density at radius 1 is 1.17 bits per heavy atom. The minimum atomic E-state index is 0.171. The first-order chi connectivity index (χ1) is 14.2. The van der Waals surface area contributed by atoms with Crippen LogP contribution in [-0.2, 0) is 6.42 Å². The van der Waals surface area contributed by atoms with Crippen molar-refractivity contribution in [1.82, 2.24) is 34.3 Å². The monoisotopic (exact) mass is 393 g/mol. The van der Waals surface area contributed by atoms with E-state index in [9.17, 15) is 0 Å². The van der Waals surface area contributed by atoms with Crippen LogP contribution in [-0.4, -0.2) is 46.9 Å². The number of hydrogen-bond acceptors (Lipinski definition) is 7. The molecule has 0 unspecified atom stereocenters. The van der Waals surface area contributed by atoms with Gasteiger partial charge in [-0.1, -0.05) is 19.8 Å². The van der Waals surface area contributed by atoms with Gasteiger partial charge in [0.15, 0.2) is 11.6 Å². The summed E-state index contributed by atoms with van der Waals surface area (Å²) in [6, 6.07) is 0.646. The Morgan fingerprint density at radius 2 is 2.00 bits per heavy atom. The lowest BCUT2D eigenvalue weighted by Gasteiger charge is -2.41. The number of hydrogen-bond donors (Lipinski definition) is 1. The molecule has 1 aliphatic carbocycles. The summed E-state index contributed by atoms with van der Waals surface area (Å²) in [5, 5.41) is 8.89. The number of aromatic nitrogens is 7. The highest BCUT2D eigenvalue weighted by atomic mass is 15.4. The summed E-state index contributed by atoms with van der Waals surface area (Å²) in [7, 11) is 0. The zero-order valence-electron chi connectivity index (χ0n) is 17.0. The van der Waals surface area contributed by atoms with E-state index in [1.165, 1.54) is 25.7 Å². The summed E-state index contributed by atoms with van der Waals surface area (Å²) < 4.78 is 4.00. The Hall–Kier alpha value is -2.81. The van der Waals surface area contributed by atoms with Gasteiger partial charge in [-0.05, 0) is 32.7 Å². The number of nitrogens with two attached hydrogens (primary N) is 1. The van der Waals surface area contributed by atoms with E-state index in [0.717, 1.165) is 41.7 Å². The summed E-state index contributed by atoms with van der Waals surface area (Å²) in [6.07, 6.45) is 12.2. The van der Waals surface area contributed by atoms with Crippen LogP contribution in [0.2, 0.25) is 0 Å². The highest BCUT2D eigenvalue weighted by Crippen LogP contribution is 2.43. The molecular formula is C20H27N9. The van der Waals surface area contributed by atoms with Gasteiger partial charge in [0, 0.05) is 18.7 Å². The fourth-order valence-corrected chi connectivity index (χ4v) is 4.73. The lowest BCUT2D eigenvalue weighted by Crippen LogP contribution is -2.42. The summed E-state index contributed by atoms with van der Waals surface area (Å²) in [5.74, 6) is 3.47. The summed E-state index contributed by atoms with van der Waals surface area (Å²) in [4.78, 5) is 16.6. The SMILES string of the molecule is CC[C@@H]1c2nnc(C)n2-c2cnc(-n3cnc(CCN)c3)nc2N1C1CCCC1. The number of fused-ring (bicyclic) bond motifs is 3. The van der Waals surface area contributed by atoms with Crippen molar-refractivity contribution in [2.24, 2.45) is 5.73 Å². The molecule has 3 aromatic rings. The second-order valence-electron chi connectivity index (χ2n) is 7.90. The van der Waals surface area contributed by atoms with Gasteiger partial charge < -0.3 is 10.6 Å². The molecule has 0 bridgehead atoms. The lowest BCUT2D eigenvalue weighted by molar-refractivity contribution is 0.467. The van der Waals surface area contributed by atoms with Crippen molar-refractivity contribution in [1.29, 1.82) is 0 Å². The van der Waals surface area contributed by atoms with Gasteiger partial charge in [-0.15, -0.1) is 10.2 Å². The molecule has 1 aliphatic heterocycles. The van der Waals surface area contributed by atoms with E-state index in [-0.39, 0.29) is 6.04 Å². The van der Waals surface area contributed by atoms with Gasteiger partial charge in [-0.2, -0.15) is 4.98 Å². The lowest BCUT2D eigenvalue weighted by atomic mass is 10.0. The second kappa shape index (κ2) is 7.22. The number of imidazole rings is 1. The minimum absolute atomic E-state index is 0.171. The van der Waals surface area contributed by atoms with E-state index < -0.39 is 0 Å². The molecule has 9 heteroatoms. The predicted molar refractivity (Wildman–Crippen MR) is 109 cm³/mol. The molecule has 2 N–H and O–H groups in total. The molecule has 0 spiro atoms. The van der Waals surface area contributed by atoms with Gasteiger partial charge >= 0.3 is 0 Å². The average Bonchev–Trinajstić information content (AvgIpc) is 3.48. The van der Waals surface area contributed by atoms with E-state index in [1.54, 1.807) is 6.33 Å². The van der Waals surface area contributed by atoms with Crippen LogP contribution in [0.3, 0.4) is 0 Å². The minimum Gasteiger partial charge on any atom is -0.341 e. The Labute approximate surface area is 170 Å². The van der Waals surface area contributed by atoms with E-state index in [1.807, 2.05) is 23.9 Å². The molecule has 0 amide bonds. The van der Waals surface area contributed by atoms with Crippen molar-refractivity contribution in [3.63, 3.8) is 0 Å². The van der Waals surface area contributed by atoms with Crippen molar-refractivity contribution >= 4 is 5.82 Å². The standard InChI is InChI=1S/C20H27N9/c1-3-16-19-26-25-13(2)28(19)17-10-22-20(27-11-14(8-9-21)23-12-27)24-18(17)29(16)15-6-4-5-7-15/h10-12,15-16H,3-9,21H2,1-2H3/t16-/m1/s1. The molecule has 152 valence electrons. The molecular weight excluding hydrogens is 366 g/mol. The van der Waals surface area contributed by atoms with Crippen LogP contribution in [0.25, 0.3) is 11.6 Å². The zero-order chi connectivity index (χ0) is 20.0. The summed E-state index contributed by atoms with van der Waals surface area (Å²) >= 11 is 0. The molecule has 0 saturated heterocycles. The van der Waals surface area contributed by atoms with Crippen molar-refractivity contribution in [3.8, 4) is 11.6 Å². The Bertz CT molecular complexity index is 1010. The molecule has 9 nitrogen and oxygen atoms in total. The fourth-order valence-electron chi connectivity index (χ4n) is 4.73. The average molecular weight is 393 g/mol. The van der Waals surface area contributed by atoms with Gasteiger partial charge in [0.05, 0.1) is 17.9 Å². The third kappa shape index (κ3) is 2.91. The van der Waals surface area contributed by atoms with E-state index in [0.29, 0.717) is 18.5 Å². The predicted octanol–water partition coefficient (Wildman–Crippen LogP) is 2.27. The quantitative estimate of drug-likeness (QED) is 0.709. The van der Waals surface area contributed by atoms with Crippen molar-refractivity contribution in [3.05, 3.63) is 36.1 Å². The second-order valence-corrected chi connectivity index (χ2v) is 7.90. The van der Waals surface area contributed by atoms with Crippen LogP contribution >= 0.6 is 0 Å². The molecule has 0 aromatic carbocycles. The van der Waals surface area contributed by atoms with Crippen LogP contribution < -0.4 is 10.6 Å². The third-order valence-corrected chi connectivity index (χ3v) is 6.08. The number of nitrogens with zero attached hydrogens (tertiary/aromatic N) is 8. The van der Waals surface area contributed by atoms with Gasteiger partial charge in [-0.25, -0.2) is 9.97 Å². The summed E-state index contributed by atoms with van der Waals surface area (Å²) in [5.41, 5.74) is 7.58. The first kappa shape index (κ1) is 18.2. The van der Waals surface area contributed by atoms with E-state index in [2.05, 4.69) is 36.6 Å². The molecule has 29 heavy (non-hydrogen) atoms. The normalized spacial score (nSPS) is 18.9. The number of aryl methyl sites for hydroxylation is 1. The van der Waals surface area contributed by atoms with Gasteiger partial charge in [-0.3, -0.25) is 9.13 Å². The number of rotatable bonds is 5. The van der Waals surface area contributed by atoms with Crippen molar-refractivity contribution in [2.75, 3.05) is 11.4 Å². The van der Waals surface area contributed by atoms with Gasteiger partial charge in [0.1, 0.15) is 17.8 Å². The van der Waals surface area contributed by atoms with Crippen LogP contribution in [0.1, 0.15) is 62.4 Å². The first-order valence-corrected chi connectivity index (χ1v) is 10.5. The topological polar surface area (TPSA) is 104 Å².